The summed E-state index contributed by atoms with van der Waals surface area (Å²) in [4.78, 5) is 2.36. The van der Waals surface area contributed by atoms with E-state index in [1.807, 2.05) is 0 Å². The Kier molecular flexibility index (Phi) is 5.58. The van der Waals surface area contributed by atoms with Gasteiger partial charge in [-0.05, 0) is 20.8 Å². The van der Waals surface area contributed by atoms with Gasteiger partial charge >= 0.3 is 0 Å². The van der Waals surface area contributed by atoms with Gasteiger partial charge in [-0.15, -0.1) is 0 Å². The minimum Gasteiger partial charge on any atom is -0.370 e. The maximum Gasteiger partial charge on any atom is 0.148 e. The Morgan fingerprint density at radius 2 is 2.06 bits per heavy atom. The molecule has 0 aromatic rings. The molecule has 0 aliphatic carbocycles. The summed E-state index contributed by atoms with van der Waals surface area (Å²) in [7, 11) is -2.85. The highest BCUT2D eigenvalue weighted by Gasteiger charge is 2.30. The van der Waals surface area contributed by atoms with Gasteiger partial charge in [-0.25, -0.2) is 8.42 Å². The SMILES string of the molecule is CC1CN(CCNCCS(C)(=O)=O)CC(C)(C)O1. The molecule has 1 N–H and O–H groups in total. The third-order valence-corrected chi connectivity index (χ3v) is 3.84. The highest BCUT2D eigenvalue weighted by molar-refractivity contribution is 7.90. The predicted molar refractivity (Wildman–Crippen MR) is 73.6 cm³/mol. The van der Waals surface area contributed by atoms with Crippen molar-refractivity contribution in [2.45, 2.75) is 32.5 Å². The average molecular weight is 278 g/mol. The molecule has 0 amide bonds. The van der Waals surface area contributed by atoms with Gasteiger partial charge in [0.05, 0.1) is 17.5 Å². The van der Waals surface area contributed by atoms with Crippen LogP contribution in [0.2, 0.25) is 0 Å². The summed E-state index contributed by atoms with van der Waals surface area (Å²) in [5.41, 5.74) is -0.0928. The molecule has 0 saturated carbocycles. The van der Waals surface area contributed by atoms with Gasteiger partial charge in [0.2, 0.25) is 0 Å². The molecular weight excluding hydrogens is 252 g/mol. The summed E-state index contributed by atoms with van der Waals surface area (Å²) in [6.45, 7) is 10.4. The Morgan fingerprint density at radius 3 is 2.61 bits per heavy atom. The van der Waals surface area contributed by atoms with E-state index < -0.39 is 9.84 Å². The van der Waals surface area contributed by atoms with E-state index in [9.17, 15) is 8.42 Å². The molecule has 6 heteroatoms. The maximum absolute atomic E-state index is 11.0. The molecule has 0 aromatic heterocycles. The predicted octanol–water partition coefficient (Wildman–Crippen LogP) is 0.120. The van der Waals surface area contributed by atoms with Gasteiger partial charge in [0, 0.05) is 39.0 Å². The number of sulfone groups is 1. The van der Waals surface area contributed by atoms with Crippen LogP contribution in [0.25, 0.3) is 0 Å². The van der Waals surface area contributed by atoms with Crippen LogP contribution in [0.5, 0.6) is 0 Å². The van der Waals surface area contributed by atoms with Crippen molar-refractivity contribution in [2.75, 3.05) is 44.7 Å². The van der Waals surface area contributed by atoms with Crippen molar-refractivity contribution in [2.24, 2.45) is 0 Å². The van der Waals surface area contributed by atoms with E-state index in [-0.39, 0.29) is 17.5 Å². The summed E-state index contributed by atoms with van der Waals surface area (Å²) in [6, 6.07) is 0. The number of ether oxygens (including phenoxy) is 1. The zero-order valence-corrected chi connectivity index (χ0v) is 12.7. The molecule has 0 bridgehead atoms. The molecule has 108 valence electrons. The fourth-order valence-corrected chi connectivity index (χ4v) is 2.89. The number of hydrogen-bond acceptors (Lipinski definition) is 5. The number of nitrogens with zero attached hydrogens (tertiary/aromatic N) is 1. The molecular formula is C12H26N2O3S. The van der Waals surface area contributed by atoms with Crippen LogP contribution in [0.15, 0.2) is 0 Å². The Bertz CT molecular complexity index is 354. The minimum absolute atomic E-state index is 0.0928. The lowest BCUT2D eigenvalue weighted by Crippen LogP contribution is -2.53. The van der Waals surface area contributed by atoms with Crippen LogP contribution < -0.4 is 5.32 Å². The Balaban J connectivity index is 2.19. The van der Waals surface area contributed by atoms with Crippen molar-refractivity contribution in [1.29, 1.82) is 0 Å². The van der Waals surface area contributed by atoms with Crippen molar-refractivity contribution in [3.63, 3.8) is 0 Å². The van der Waals surface area contributed by atoms with Gasteiger partial charge in [0.1, 0.15) is 9.84 Å². The highest BCUT2D eigenvalue weighted by Crippen LogP contribution is 2.20. The molecule has 1 aliphatic rings. The van der Waals surface area contributed by atoms with Gasteiger partial charge in [-0.1, -0.05) is 0 Å². The van der Waals surface area contributed by atoms with Gasteiger partial charge in [0.15, 0.2) is 0 Å². The van der Waals surface area contributed by atoms with E-state index in [1.54, 1.807) is 0 Å². The van der Waals surface area contributed by atoms with Crippen molar-refractivity contribution in [3.8, 4) is 0 Å². The van der Waals surface area contributed by atoms with E-state index in [0.29, 0.717) is 6.54 Å². The Hall–Kier alpha value is -0.170. The minimum atomic E-state index is -2.85. The summed E-state index contributed by atoms with van der Waals surface area (Å²) in [6.07, 6.45) is 1.52. The lowest BCUT2D eigenvalue weighted by Gasteiger charge is -2.41. The normalized spacial score (nSPS) is 25.2. The molecule has 0 spiro atoms. The molecule has 1 unspecified atom stereocenters. The highest BCUT2D eigenvalue weighted by atomic mass is 32.2. The first-order chi connectivity index (χ1) is 8.18. The fraction of sp³-hybridized carbons (Fsp3) is 1.00. The van der Waals surface area contributed by atoms with Gasteiger partial charge < -0.3 is 10.1 Å². The van der Waals surface area contributed by atoms with Crippen LogP contribution in [0.1, 0.15) is 20.8 Å². The number of morpholine rings is 1. The molecule has 1 fully saturated rings. The van der Waals surface area contributed by atoms with E-state index in [4.69, 9.17) is 4.74 Å². The van der Waals surface area contributed by atoms with Crippen LogP contribution >= 0.6 is 0 Å². The molecule has 1 aliphatic heterocycles. The van der Waals surface area contributed by atoms with Crippen LogP contribution in [-0.2, 0) is 14.6 Å². The molecule has 1 atom stereocenters. The zero-order chi connectivity index (χ0) is 13.8. The second-order valence-electron chi connectivity index (χ2n) is 5.80. The smallest absolute Gasteiger partial charge is 0.148 e. The first kappa shape index (κ1) is 15.9. The van der Waals surface area contributed by atoms with E-state index in [0.717, 1.165) is 26.2 Å². The third-order valence-electron chi connectivity index (χ3n) is 2.89. The summed E-state index contributed by atoms with van der Waals surface area (Å²) < 4.78 is 27.7. The van der Waals surface area contributed by atoms with E-state index in [1.165, 1.54) is 6.26 Å². The Morgan fingerprint density at radius 1 is 1.39 bits per heavy atom. The van der Waals surface area contributed by atoms with Gasteiger partial charge in [-0.2, -0.15) is 0 Å². The molecule has 18 heavy (non-hydrogen) atoms. The Labute approximate surface area is 111 Å². The van der Waals surface area contributed by atoms with Gasteiger partial charge in [-0.3, -0.25) is 4.90 Å². The monoisotopic (exact) mass is 278 g/mol. The van der Waals surface area contributed by atoms with E-state index in [2.05, 4.69) is 31.0 Å². The lowest BCUT2D eigenvalue weighted by molar-refractivity contribution is -0.128. The van der Waals surface area contributed by atoms with Crippen molar-refractivity contribution >= 4 is 9.84 Å². The second-order valence-corrected chi connectivity index (χ2v) is 8.06. The van der Waals surface area contributed by atoms with E-state index >= 15 is 0 Å². The van der Waals surface area contributed by atoms with Crippen molar-refractivity contribution in [1.82, 2.24) is 10.2 Å². The number of rotatable bonds is 6. The molecule has 5 nitrogen and oxygen atoms in total. The quantitative estimate of drug-likeness (QED) is 0.699. The summed E-state index contributed by atoms with van der Waals surface area (Å²) in [5.74, 6) is 0.206. The molecule has 0 aromatic carbocycles. The fourth-order valence-electron chi connectivity index (χ4n) is 2.38. The van der Waals surface area contributed by atoms with Crippen LogP contribution in [0.4, 0.5) is 0 Å². The maximum atomic E-state index is 11.0. The standard InChI is InChI=1S/C12H26N2O3S/c1-11-9-14(10-12(2,3)17-11)7-5-13-6-8-18(4,15)16/h11,13H,5-10H2,1-4H3. The van der Waals surface area contributed by atoms with Crippen molar-refractivity contribution < 1.29 is 13.2 Å². The first-order valence-electron chi connectivity index (χ1n) is 6.47. The second kappa shape index (κ2) is 6.32. The molecule has 1 saturated heterocycles. The third kappa shape index (κ3) is 6.68. The molecule has 1 rings (SSSR count). The van der Waals surface area contributed by atoms with Crippen LogP contribution in [0.3, 0.4) is 0 Å². The lowest BCUT2D eigenvalue weighted by atomic mass is 10.1. The molecule has 1 heterocycles. The first-order valence-corrected chi connectivity index (χ1v) is 8.53. The zero-order valence-electron chi connectivity index (χ0n) is 11.9. The number of hydrogen-bond donors (Lipinski definition) is 1. The van der Waals surface area contributed by atoms with Crippen molar-refractivity contribution in [3.05, 3.63) is 0 Å². The van der Waals surface area contributed by atoms with Gasteiger partial charge in [0.25, 0.3) is 0 Å². The number of nitrogens with one attached hydrogen (secondary N) is 1. The van der Waals surface area contributed by atoms with Crippen LogP contribution in [0, 0.1) is 0 Å². The average Bonchev–Trinajstić information content (AvgIpc) is 2.11. The largest absolute Gasteiger partial charge is 0.370 e. The van der Waals surface area contributed by atoms with Crippen LogP contribution in [-0.4, -0.2) is 69.8 Å². The molecule has 0 radical (unpaired) electrons. The summed E-state index contributed by atoms with van der Waals surface area (Å²) in [5, 5.41) is 3.17. The topological polar surface area (TPSA) is 58.6 Å². The summed E-state index contributed by atoms with van der Waals surface area (Å²) >= 11 is 0.